The van der Waals surface area contributed by atoms with E-state index in [4.69, 9.17) is 18.6 Å². The maximum absolute atomic E-state index is 11.7. The Hall–Kier alpha value is -0.433. The van der Waals surface area contributed by atoms with Crippen LogP contribution in [-0.4, -0.2) is 46.5 Å². The van der Waals surface area contributed by atoms with Gasteiger partial charge in [-0.3, -0.25) is 4.79 Å². The van der Waals surface area contributed by atoms with Crippen molar-refractivity contribution >= 4 is 14.3 Å². The highest BCUT2D eigenvalue weighted by Gasteiger charge is 2.42. The molecule has 5 nitrogen and oxygen atoms in total. The van der Waals surface area contributed by atoms with Crippen LogP contribution in [0.25, 0.3) is 0 Å². The van der Waals surface area contributed by atoms with E-state index in [0.717, 1.165) is 0 Å². The van der Waals surface area contributed by atoms with Crippen molar-refractivity contribution < 1.29 is 23.4 Å². The van der Waals surface area contributed by atoms with Gasteiger partial charge in [-0.25, -0.2) is 0 Å². The van der Waals surface area contributed by atoms with Crippen LogP contribution in [0.1, 0.15) is 40.5 Å². The molecule has 1 fully saturated rings. The number of carbonyl (C=O) groups is 1. The molecule has 124 valence electrons. The third-order valence-corrected chi connectivity index (χ3v) is 8.92. The van der Waals surface area contributed by atoms with Gasteiger partial charge in [0.2, 0.25) is 0 Å². The molecule has 21 heavy (non-hydrogen) atoms. The number of hydrogen-bond donors (Lipinski definition) is 0. The van der Waals surface area contributed by atoms with Crippen molar-refractivity contribution in [1.29, 1.82) is 0 Å². The predicted molar refractivity (Wildman–Crippen MR) is 83.6 cm³/mol. The number of ether oxygens (including phenoxy) is 3. The first-order valence-corrected chi connectivity index (χ1v) is 10.4. The van der Waals surface area contributed by atoms with E-state index in [1.807, 2.05) is 6.92 Å². The molecule has 0 saturated carbocycles. The smallest absolute Gasteiger partial charge is 0.308 e. The van der Waals surface area contributed by atoms with Crippen molar-refractivity contribution in [2.45, 2.75) is 70.6 Å². The van der Waals surface area contributed by atoms with Crippen LogP contribution in [0.3, 0.4) is 0 Å². The Bertz CT molecular complexity index is 356. The minimum Gasteiger partial charge on any atom is -0.469 e. The molecule has 6 heteroatoms. The molecule has 0 unspecified atom stereocenters. The van der Waals surface area contributed by atoms with Gasteiger partial charge in [0.25, 0.3) is 0 Å². The number of carbonyl (C=O) groups excluding carboxylic acids is 1. The van der Waals surface area contributed by atoms with Gasteiger partial charge in [-0.05, 0) is 25.1 Å². The van der Waals surface area contributed by atoms with Gasteiger partial charge in [-0.1, -0.05) is 20.8 Å². The highest BCUT2D eigenvalue weighted by Crippen LogP contribution is 2.39. The molecule has 0 radical (unpaired) electrons. The zero-order valence-corrected chi connectivity index (χ0v) is 15.4. The van der Waals surface area contributed by atoms with Gasteiger partial charge in [-0.2, -0.15) is 0 Å². The lowest BCUT2D eigenvalue weighted by atomic mass is 10.1. The van der Waals surface area contributed by atoms with Crippen LogP contribution in [-0.2, 0) is 23.4 Å². The zero-order valence-electron chi connectivity index (χ0n) is 14.4. The van der Waals surface area contributed by atoms with Crippen LogP contribution in [0.5, 0.6) is 0 Å². The summed E-state index contributed by atoms with van der Waals surface area (Å²) < 4.78 is 22.5. The van der Waals surface area contributed by atoms with E-state index in [0.29, 0.717) is 19.6 Å². The molecule has 0 aliphatic carbocycles. The van der Waals surface area contributed by atoms with Crippen molar-refractivity contribution in [2.24, 2.45) is 0 Å². The standard InChI is InChI=1S/C15H30O5Si/c1-14(2,3)21(6,7)20-12(10-13(16)17-5)11-15(4)18-8-9-19-15/h12H,8-11H2,1-7H3/t12-/m0/s1. The molecular formula is C15H30O5Si. The van der Waals surface area contributed by atoms with Gasteiger partial charge in [0.05, 0.1) is 32.8 Å². The minimum atomic E-state index is -1.97. The fourth-order valence-corrected chi connectivity index (χ4v) is 3.46. The predicted octanol–water partition coefficient (Wildman–Crippen LogP) is 3.09. The van der Waals surface area contributed by atoms with E-state index in [1.165, 1.54) is 7.11 Å². The summed E-state index contributed by atoms with van der Waals surface area (Å²) in [7, 11) is -0.573. The Morgan fingerprint density at radius 2 is 1.81 bits per heavy atom. The van der Waals surface area contributed by atoms with Crippen molar-refractivity contribution in [3.05, 3.63) is 0 Å². The Morgan fingerprint density at radius 1 is 1.29 bits per heavy atom. The number of esters is 1. The Kier molecular flexibility index (Phi) is 6.00. The third-order valence-electron chi connectivity index (χ3n) is 4.39. The summed E-state index contributed by atoms with van der Waals surface area (Å²) in [4.78, 5) is 11.7. The molecule has 0 N–H and O–H groups in total. The van der Waals surface area contributed by atoms with Crippen LogP contribution in [0.15, 0.2) is 0 Å². The van der Waals surface area contributed by atoms with Gasteiger partial charge in [-0.15, -0.1) is 0 Å². The van der Waals surface area contributed by atoms with Crippen LogP contribution < -0.4 is 0 Å². The molecule has 0 aromatic carbocycles. The summed E-state index contributed by atoms with van der Waals surface area (Å²) in [6.45, 7) is 14.0. The lowest BCUT2D eigenvalue weighted by Crippen LogP contribution is -2.46. The first-order chi connectivity index (χ1) is 9.49. The van der Waals surface area contributed by atoms with E-state index in [1.54, 1.807) is 0 Å². The molecule has 1 rings (SSSR count). The first-order valence-electron chi connectivity index (χ1n) is 7.52. The van der Waals surface area contributed by atoms with E-state index >= 15 is 0 Å². The average Bonchev–Trinajstić information content (AvgIpc) is 2.73. The molecule has 0 aromatic heterocycles. The van der Waals surface area contributed by atoms with Crippen LogP contribution in [0.2, 0.25) is 18.1 Å². The second-order valence-electron chi connectivity index (χ2n) is 7.32. The topological polar surface area (TPSA) is 54.0 Å². The highest BCUT2D eigenvalue weighted by molar-refractivity contribution is 6.74. The monoisotopic (exact) mass is 318 g/mol. The van der Waals surface area contributed by atoms with Gasteiger partial charge in [0.1, 0.15) is 0 Å². The molecule has 0 bridgehead atoms. The van der Waals surface area contributed by atoms with E-state index in [9.17, 15) is 4.79 Å². The maximum atomic E-state index is 11.7. The lowest BCUT2D eigenvalue weighted by molar-refractivity contribution is -0.165. The van der Waals surface area contributed by atoms with E-state index < -0.39 is 14.1 Å². The summed E-state index contributed by atoms with van der Waals surface area (Å²) in [5, 5.41) is 0.0830. The summed E-state index contributed by atoms with van der Waals surface area (Å²) in [6.07, 6.45) is 0.515. The summed E-state index contributed by atoms with van der Waals surface area (Å²) in [6, 6.07) is 0. The molecule has 1 aliphatic rings. The Balaban J connectivity index is 2.79. The minimum absolute atomic E-state index is 0.0830. The Morgan fingerprint density at radius 3 is 2.24 bits per heavy atom. The number of methoxy groups -OCH3 is 1. The SMILES string of the molecule is COC(=O)C[C@@H](CC1(C)OCCO1)O[Si](C)(C)C(C)(C)C. The zero-order chi connectivity index (χ0) is 16.3. The first kappa shape index (κ1) is 18.6. The number of rotatable bonds is 6. The average molecular weight is 318 g/mol. The molecule has 1 heterocycles. The summed E-state index contributed by atoms with van der Waals surface area (Å²) in [5.74, 6) is -0.929. The third kappa shape index (κ3) is 5.36. The molecule has 1 saturated heterocycles. The fourth-order valence-electron chi connectivity index (χ4n) is 2.11. The van der Waals surface area contributed by atoms with E-state index in [-0.39, 0.29) is 23.5 Å². The summed E-state index contributed by atoms with van der Waals surface area (Å²) >= 11 is 0. The Labute approximate surface area is 129 Å². The highest BCUT2D eigenvalue weighted by atomic mass is 28.4. The van der Waals surface area contributed by atoms with Crippen molar-refractivity contribution in [3.8, 4) is 0 Å². The van der Waals surface area contributed by atoms with Gasteiger partial charge >= 0.3 is 5.97 Å². The normalized spacial score (nSPS) is 20.3. The van der Waals surface area contributed by atoms with Gasteiger partial charge < -0.3 is 18.6 Å². The van der Waals surface area contributed by atoms with Gasteiger partial charge in [0.15, 0.2) is 14.1 Å². The van der Waals surface area contributed by atoms with Crippen LogP contribution in [0.4, 0.5) is 0 Å². The summed E-state index contributed by atoms with van der Waals surface area (Å²) in [5.41, 5.74) is 0. The van der Waals surface area contributed by atoms with E-state index in [2.05, 4.69) is 33.9 Å². The molecule has 0 spiro atoms. The largest absolute Gasteiger partial charge is 0.469 e. The molecular weight excluding hydrogens is 288 g/mol. The second-order valence-corrected chi connectivity index (χ2v) is 12.1. The maximum Gasteiger partial charge on any atom is 0.308 e. The van der Waals surface area contributed by atoms with Crippen molar-refractivity contribution in [2.75, 3.05) is 20.3 Å². The fraction of sp³-hybridized carbons (Fsp3) is 0.933. The molecule has 1 atom stereocenters. The number of hydrogen-bond acceptors (Lipinski definition) is 5. The van der Waals surface area contributed by atoms with Gasteiger partial charge in [0, 0.05) is 6.42 Å². The van der Waals surface area contributed by atoms with Crippen molar-refractivity contribution in [3.63, 3.8) is 0 Å². The van der Waals surface area contributed by atoms with Crippen molar-refractivity contribution in [1.82, 2.24) is 0 Å². The molecule has 1 aliphatic heterocycles. The quantitative estimate of drug-likeness (QED) is 0.556. The van der Waals surface area contributed by atoms with Crippen LogP contribution in [0, 0.1) is 0 Å². The molecule has 0 aromatic rings. The van der Waals surface area contributed by atoms with Crippen LogP contribution >= 0.6 is 0 Å². The lowest BCUT2D eigenvalue weighted by Gasteiger charge is -2.40. The molecule has 0 amide bonds. The second kappa shape index (κ2) is 6.77.